The standard InChI is InChI=1S/C11H20N4/c1-6-13-9-7(2)8(12)14-10(15-9)11(3,4)5/h6H2,1-5H3,(H3,12,13,14,15). The van der Waals surface area contributed by atoms with Crippen LogP contribution in [-0.4, -0.2) is 16.5 Å². The first-order valence-electron chi connectivity index (χ1n) is 5.24. The van der Waals surface area contributed by atoms with Crippen LogP contribution < -0.4 is 11.1 Å². The van der Waals surface area contributed by atoms with E-state index in [0.717, 1.165) is 23.8 Å². The van der Waals surface area contributed by atoms with Gasteiger partial charge in [0.05, 0.1) is 0 Å². The molecule has 1 heterocycles. The molecule has 0 spiro atoms. The molecule has 0 atom stereocenters. The summed E-state index contributed by atoms with van der Waals surface area (Å²) in [6.07, 6.45) is 0. The minimum atomic E-state index is -0.0774. The molecule has 4 nitrogen and oxygen atoms in total. The molecule has 1 aromatic heterocycles. The number of nitrogen functional groups attached to an aromatic ring is 1. The van der Waals surface area contributed by atoms with Crippen molar-refractivity contribution in [3.63, 3.8) is 0 Å². The van der Waals surface area contributed by atoms with E-state index in [1.54, 1.807) is 0 Å². The normalized spacial score (nSPS) is 11.5. The number of aromatic nitrogens is 2. The summed E-state index contributed by atoms with van der Waals surface area (Å²) in [6, 6.07) is 0. The van der Waals surface area contributed by atoms with Crippen molar-refractivity contribution >= 4 is 11.6 Å². The van der Waals surface area contributed by atoms with Crippen molar-refractivity contribution < 1.29 is 0 Å². The van der Waals surface area contributed by atoms with Crippen molar-refractivity contribution in [1.82, 2.24) is 9.97 Å². The Bertz CT molecular complexity index is 352. The van der Waals surface area contributed by atoms with Crippen molar-refractivity contribution in [2.24, 2.45) is 0 Å². The van der Waals surface area contributed by atoms with Gasteiger partial charge in [0.25, 0.3) is 0 Å². The molecule has 0 aliphatic heterocycles. The van der Waals surface area contributed by atoms with E-state index in [1.807, 2.05) is 13.8 Å². The molecule has 0 aliphatic carbocycles. The second kappa shape index (κ2) is 4.04. The minimum Gasteiger partial charge on any atom is -0.383 e. The lowest BCUT2D eigenvalue weighted by atomic mass is 9.95. The fourth-order valence-electron chi connectivity index (χ4n) is 1.21. The molecule has 0 aromatic carbocycles. The highest BCUT2D eigenvalue weighted by Gasteiger charge is 2.19. The second-order valence-electron chi connectivity index (χ2n) is 4.69. The molecule has 0 saturated carbocycles. The maximum Gasteiger partial charge on any atom is 0.138 e. The topological polar surface area (TPSA) is 63.8 Å². The van der Waals surface area contributed by atoms with E-state index < -0.39 is 0 Å². The van der Waals surface area contributed by atoms with Crippen molar-refractivity contribution in [2.75, 3.05) is 17.6 Å². The molecule has 0 aliphatic rings. The van der Waals surface area contributed by atoms with Gasteiger partial charge >= 0.3 is 0 Å². The quantitative estimate of drug-likeness (QED) is 0.781. The van der Waals surface area contributed by atoms with Gasteiger partial charge < -0.3 is 11.1 Å². The van der Waals surface area contributed by atoms with Gasteiger partial charge in [0.1, 0.15) is 17.5 Å². The van der Waals surface area contributed by atoms with E-state index in [0.29, 0.717) is 5.82 Å². The molecule has 15 heavy (non-hydrogen) atoms. The van der Waals surface area contributed by atoms with Crippen LogP contribution in [0.1, 0.15) is 39.1 Å². The number of nitrogens with zero attached hydrogens (tertiary/aromatic N) is 2. The predicted octanol–water partition coefficient (Wildman–Crippen LogP) is 2.10. The number of hydrogen-bond acceptors (Lipinski definition) is 4. The van der Waals surface area contributed by atoms with Crippen LogP contribution in [-0.2, 0) is 5.41 Å². The van der Waals surface area contributed by atoms with Crippen LogP contribution in [0.2, 0.25) is 0 Å². The van der Waals surface area contributed by atoms with Gasteiger partial charge in [-0.3, -0.25) is 0 Å². The molecular weight excluding hydrogens is 188 g/mol. The lowest BCUT2D eigenvalue weighted by Crippen LogP contribution is -2.19. The summed E-state index contributed by atoms with van der Waals surface area (Å²) in [7, 11) is 0. The molecule has 1 rings (SSSR count). The van der Waals surface area contributed by atoms with E-state index >= 15 is 0 Å². The molecule has 0 amide bonds. The first-order valence-corrected chi connectivity index (χ1v) is 5.24. The monoisotopic (exact) mass is 208 g/mol. The molecule has 0 bridgehead atoms. The van der Waals surface area contributed by atoms with Crippen LogP contribution in [0, 0.1) is 6.92 Å². The molecule has 0 saturated heterocycles. The van der Waals surface area contributed by atoms with Crippen LogP contribution in [0.4, 0.5) is 11.6 Å². The summed E-state index contributed by atoms with van der Waals surface area (Å²) in [5.74, 6) is 2.18. The van der Waals surface area contributed by atoms with E-state index in [2.05, 4.69) is 36.1 Å². The zero-order valence-corrected chi connectivity index (χ0v) is 10.2. The molecular formula is C11H20N4. The lowest BCUT2D eigenvalue weighted by molar-refractivity contribution is 0.546. The Balaban J connectivity index is 3.23. The highest BCUT2D eigenvalue weighted by atomic mass is 15.1. The maximum atomic E-state index is 5.86. The number of nitrogens with two attached hydrogens (primary N) is 1. The van der Waals surface area contributed by atoms with Crippen LogP contribution in [0.3, 0.4) is 0 Å². The number of nitrogens with one attached hydrogen (secondary N) is 1. The van der Waals surface area contributed by atoms with Crippen molar-refractivity contribution in [3.05, 3.63) is 11.4 Å². The third kappa shape index (κ3) is 2.58. The van der Waals surface area contributed by atoms with Gasteiger partial charge in [-0.05, 0) is 13.8 Å². The Hall–Kier alpha value is -1.32. The Morgan fingerprint density at radius 3 is 2.33 bits per heavy atom. The second-order valence-corrected chi connectivity index (χ2v) is 4.69. The van der Waals surface area contributed by atoms with E-state index in [4.69, 9.17) is 5.73 Å². The first-order chi connectivity index (χ1) is 6.86. The Labute approximate surface area is 91.3 Å². The zero-order chi connectivity index (χ0) is 11.6. The smallest absolute Gasteiger partial charge is 0.138 e. The van der Waals surface area contributed by atoms with Gasteiger partial charge in [0.2, 0.25) is 0 Å². The fraction of sp³-hybridized carbons (Fsp3) is 0.636. The molecule has 84 valence electrons. The Morgan fingerprint density at radius 2 is 1.87 bits per heavy atom. The van der Waals surface area contributed by atoms with Gasteiger partial charge in [-0.2, -0.15) is 0 Å². The lowest BCUT2D eigenvalue weighted by Gasteiger charge is -2.19. The van der Waals surface area contributed by atoms with Crippen molar-refractivity contribution in [2.45, 2.75) is 40.0 Å². The van der Waals surface area contributed by atoms with Gasteiger partial charge in [0, 0.05) is 17.5 Å². The number of rotatable bonds is 2. The van der Waals surface area contributed by atoms with E-state index in [9.17, 15) is 0 Å². The maximum absolute atomic E-state index is 5.86. The van der Waals surface area contributed by atoms with Crippen molar-refractivity contribution in [1.29, 1.82) is 0 Å². The average Bonchev–Trinajstić information content (AvgIpc) is 2.11. The third-order valence-corrected chi connectivity index (χ3v) is 2.20. The first kappa shape index (κ1) is 11.8. The highest BCUT2D eigenvalue weighted by molar-refractivity contribution is 5.55. The van der Waals surface area contributed by atoms with Crippen LogP contribution in [0.5, 0.6) is 0 Å². The number of hydrogen-bond donors (Lipinski definition) is 2. The van der Waals surface area contributed by atoms with Crippen LogP contribution >= 0.6 is 0 Å². The van der Waals surface area contributed by atoms with Gasteiger partial charge in [0.15, 0.2) is 0 Å². The SMILES string of the molecule is CCNc1nc(C(C)(C)C)nc(N)c1C. The minimum absolute atomic E-state index is 0.0774. The summed E-state index contributed by atoms with van der Waals surface area (Å²) in [6.45, 7) is 11.0. The molecule has 0 unspecified atom stereocenters. The summed E-state index contributed by atoms with van der Waals surface area (Å²) in [4.78, 5) is 8.81. The summed E-state index contributed by atoms with van der Waals surface area (Å²) >= 11 is 0. The summed E-state index contributed by atoms with van der Waals surface area (Å²) < 4.78 is 0. The van der Waals surface area contributed by atoms with Gasteiger partial charge in [-0.25, -0.2) is 9.97 Å². The van der Waals surface area contributed by atoms with Gasteiger partial charge in [-0.1, -0.05) is 20.8 Å². The predicted molar refractivity (Wildman–Crippen MR) is 64.0 cm³/mol. The molecule has 3 N–H and O–H groups in total. The zero-order valence-electron chi connectivity index (χ0n) is 10.2. The highest BCUT2D eigenvalue weighted by Crippen LogP contribution is 2.24. The van der Waals surface area contributed by atoms with E-state index in [1.165, 1.54) is 0 Å². The largest absolute Gasteiger partial charge is 0.383 e. The van der Waals surface area contributed by atoms with Crippen molar-refractivity contribution in [3.8, 4) is 0 Å². The average molecular weight is 208 g/mol. The molecule has 0 fully saturated rings. The third-order valence-electron chi connectivity index (χ3n) is 2.20. The number of anilines is 2. The Morgan fingerprint density at radius 1 is 1.27 bits per heavy atom. The van der Waals surface area contributed by atoms with Gasteiger partial charge in [-0.15, -0.1) is 0 Å². The molecule has 4 heteroatoms. The van der Waals surface area contributed by atoms with Crippen LogP contribution in [0.25, 0.3) is 0 Å². The molecule has 1 aromatic rings. The van der Waals surface area contributed by atoms with E-state index in [-0.39, 0.29) is 5.41 Å². The molecule has 0 radical (unpaired) electrons. The van der Waals surface area contributed by atoms with Crippen LogP contribution in [0.15, 0.2) is 0 Å². The Kier molecular flexibility index (Phi) is 3.17. The fourth-order valence-corrected chi connectivity index (χ4v) is 1.21. The summed E-state index contributed by atoms with van der Waals surface area (Å²) in [5.41, 5.74) is 6.70. The summed E-state index contributed by atoms with van der Waals surface area (Å²) in [5, 5.41) is 3.20.